The number of ether oxygens (including phenoxy) is 1. The van der Waals surface area contributed by atoms with Crippen LogP contribution in [0, 0.1) is 6.92 Å². The van der Waals surface area contributed by atoms with Gasteiger partial charge in [-0.15, -0.1) is 0 Å². The van der Waals surface area contributed by atoms with E-state index >= 15 is 0 Å². The Kier molecular flexibility index (Phi) is 4.81. The predicted molar refractivity (Wildman–Crippen MR) is 89.4 cm³/mol. The van der Waals surface area contributed by atoms with Crippen LogP contribution in [0.4, 0.5) is 0 Å². The van der Waals surface area contributed by atoms with Gasteiger partial charge in [-0.2, -0.15) is 0 Å². The van der Waals surface area contributed by atoms with E-state index in [1.54, 1.807) is 7.11 Å². The van der Waals surface area contributed by atoms with Crippen LogP contribution >= 0.6 is 0 Å². The number of hydrogen-bond acceptors (Lipinski definition) is 3. The lowest BCUT2D eigenvalue weighted by Crippen LogP contribution is -2.36. The SMILES string of the molecule is COCC(O)CCNC1CCc2[nH]c3ccc(C)cc3c2C1. The topological polar surface area (TPSA) is 57.3 Å². The summed E-state index contributed by atoms with van der Waals surface area (Å²) in [6, 6.07) is 7.14. The number of aromatic amines is 1. The van der Waals surface area contributed by atoms with Crippen LogP contribution in [0.15, 0.2) is 18.2 Å². The monoisotopic (exact) mass is 302 g/mol. The number of aliphatic hydroxyl groups excluding tert-OH is 1. The van der Waals surface area contributed by atoms with Crippen LogP contribution in [0.5, 0.6) is 0 Å². The smallest absolute Gasteiger partial charge is 0.0785 e. The lowest BCUT2D eigenvalue weighted by molar-refractivity contribution is 0.0589. The molecule has 0 aliphatic heterocycles. The number of rotatable bonds is 6. The highest BCUT2D eigenvalue weighted by molar-refractivity contribution is 5.85. The van der Waals surface area contributed by atoms with Gasteiger partial charge < -0.3 is 20.1 Å². The third-order valence-corrected chi connectivity index (χ3v) is 4.61. The maximum Gasteiger partial charge on any atom is 0.0785 e. The second-order valence-electron chi connectivity index (χ2n) is 6.42. The fraction of sp³-hybridized carbons (Fsp3) is 0.556. The number of fused-ring (bicyclic) bond motifs is 3. The minimum atomic E-state index is -0.368. The Hall–Kier alpha value is -1.36. The summed E-state index contributed by atoms with van der Waals surface area (Å²) in [6.07, 6.45) is 3.69. The van der Waals surface area contributed by atoms with Gasteiger partial charge in [0, 0.05) is 29.7 Å². The molecule has 1 aliphatic carbocycles. The minimum absolute atomic E-state index is 0.368. The Morgan fingerprint density at radius 3 is 3.14 bits per heavy atom. The van der Waals surface area contributed by atoms with Crippen molar-refractivity contribution in [2.75, 3.05) is 20.3 Å². The summed E-state index contributed by atoms with van der Waals surface area (Å²) in [5.74, 6) is 0. The molecule has 22 heavy (non-hydrogen) atoms. The first kappa shape index (κ1) is 15.5. The molecule has 0 amide bonds. The summed E-state index contributed by atoms with van der Waals surface area (Å²) < 4.78 is 4.96. The van der Waals surface area contributed by atoms with E-state index in [0.29, 0.717) is 12.6 Å². The van der Waals surface area contributed by atoms with Gasteiger partial charge in [0.25, 0.3) is 0 Å². The van der Waals surface area contributed by atoms with Crippen molar-refractivity contribution >= 4 is 10.9 Å². The summed E-state index contributed by atoms with van der Waals surface area (Å²) in [6.45, 7) is 3.40. The van der Waals surface area contributed by atoms with E-state index in [-0.39, 0.29) is 6.10 Å². The number of aryl methyl sites for hydroxylation is 2. The molecule has 0 spiro atoms. The van der Waals surface area contributed by atoms with E-state index in [2.05, 4.69) is 35.4 Å². The largest absolute Gasteiger partial charge is 0.391 e. The van der Waals surface area contributed by atoms with Gasteiger partial charge in [0.1, 0.15) is 0 Å². The Morgan fingerprint density at radius 1 is 1.45 bits per heavy atom. The van der Waals surface area contributed by atoms with Gasteiger partial charge in [-0.1, -0.05) is 11.6 Å². The van der Waals surface area contributed by atoms with Gasteiger partial charge in [-0.25, -0.2) is 0 Å². The second-order valence-corrected chi connectivity index (χ2v) is 6.42. The Balaban J connectivity index is 1.63. The first-order valence-electron chi connectivity index (χ1n) is 8.18. The van der Waals surface area contributed by atoms with E-state index in [1.165, 1.54) is 27.7 Å². The molecule has 1 heterocycles. The molecular formula is C18H26N2O2. The summed E-state index contributed by atoms with van der Waals surface area (Å²) in [7, 11) is 1.62. The molecule has 120 valence electrons. The number of aromatic nitrogens is 1. The fourth-order valence-corrected chi connectivity index (χ4v) is 3.43. The van der Waals surface area contributed by atoms with Crippen molar-refractivity contribution in [3.63, 3.8) is 0 Å². The molecule has 4 nitrogen and oxygen atoms in total. The summed E-state index contributed by atoms with van der Waals surface area (Å²) in [5, 5.41) is 14.7. The molecule has 0 saturated carbocycles. The first-order valence-corrected chi connectivity index (χ1v) is 8.18. The molecule has 0 radical (unpaired) electrons. The molecule has 2 atom stereocenters. The maximum atomic E-state index is 9.71. The van der Waals surface area contributed by atoms with Crippen molar-refractivity contribution in [2.24, 2.45) is 0 Å². The van der Waals surface area contributed by atoms with Gasteiger partial charge in [-0.05, 0) is 56.8 Å². The molecule has 4 heteroatoms. The number of benzene rings is 1. The number of hydrogen-bond donors (Lipinski definition) is 3. The standard InChI is InChI=1S/C18H26N2O2/c1-12-3-5-17-15(9-12)16-10-13(4-6-18(16)20-17)19-8-7-14(21)11-22-2/h3,5,9,13-14,19-21H,4,6-8,10-11H2,1-2H3. The molecule has 0 fully saturated rings. The minimum Gasteiger partial charge on any atom is -0.391 e. The lowest BCUT2D eigenvalue weighted by Gasteiger charge is -2.24. The highest BCUT2D eigenvalue weighted by Crippen LogP contribution is 2.29. The number of aliphatic hydroxyl groups is 1. The fourth-order valence-electron chi connectivity index (χ4n) is 3.43. The van der Waals surface area contributed by atoms with Crippen LogP contribution in [0.2, 0.25) is 0 Å². The summed E-state index contributed by atoms with van der Waals surface area (Å²) in [5.41, 5.74) is 5.44. The molecule has 0 saturated heterocycles. The number of H-pyrrole nitrogens is 1. The van der Waals surface area contributed by atoms with Crippen molar-refractivity contribution in [3.8, 4) is 0 Å². The van der Waals surface area contributed by atoms with Crippen LogP contribution in [0.3, 0.4) is 0 Å². The second kappa shape index (κ2) is 6.82. The van der Waals surface area contributed by atoms with Crippen molar-refractivity contribution in [3.05, 3.63) is 35.0 Å². The average molecular weight is 302 g/mol. The molecule has 0 bridgehead atoms. The van der Waals surface area contributed by atoms with Crippen molar-refractivity contribution in [1.82, 2.24) is 10.3 Å². The predicted octanol–water partition coefficient (Wildman–Crippen LogP) is 2.32. The van der Waals surface area contributed by atoms with Crippen LogP contribution in [0.25, 0.3) is 10.9 Å². The van der Waals surface area contributed by atoms with Gasteiger partial charge in [-0.3, -0.25) is 0 Å². The third-order valence-electron chi connectivity index (χ3n) is 4.61. The Labute approximate surface area is 131 Å². The molecule has 2 unspecified atom stereocenters. The van der Waals surface area contributed by atoms with E-state index in [9.17, 15) is 5.11 Å². The Morgan fingerprint density at radius 2 is 2.32 bits per heavy atom. The molecule has 1 aromatic heterocycles. The quantitative estimate of drug-likeness (QED) is 0.767. The van der Waals surface area contributed by atoms with E-state index in [0.717, 1.165) is 32.2 Å². The Bertz CT molecular complexity index is 635. The van der Waals surface area contributed by atoms with Crippen LogP contribution in [-0.4, -0.2) is 42.5 Å². The lowest BCUT2D eigenvalue weighted by atomic mass is 9.91. The molecule has 3 N–H and O–H groups in total. The van der Waals surface area contributed by atoms with Crippen LogP contribution in [-0.2, 0) is 17.6 Å². The third kappa shape index (κ3) is 3.35. The van der Waals surface area contributed by atoms with Crippen molar-refractivity contribution in [1.29, 1.82) is 0 Å². The van der Waals surface area contributed by atoms with E-state index < -0.39 is 0 Å². The van der Waals surface area contributed by atoms with Crippen LogP contribution < -0.4 is 5.32 Å². The molecule has 1 aromatic carbocycles. The van der Waals surface area contributed by atoms with Crippen molar-refractivity contribution < 1.29 is 9.84 Å². The zero-order valence-corrected chi connectivity index (χ0v) is 13.5. The van der Waals surface area contributed by atoms with Gasteiger partial charge >= 0.3 is 0 Å². The average Bonchev–Trinajstić information content (AvgIpc) is 2.85. The first-order chi connectivity index (χ1) is 10.7. The van der Waals surface area contributed by atoms with Gasteiger partial charge in [0.2, 0.25) is 0 Å². The van der Waals surface area contributed by atoms with Gasteiger partial charge in [0.05, 0.1) is 12.7 Å². The van der Waals surface area contributed by atoms with Crippen molar-refractivity contribution in [2.45, 2.75) is 44.8 Å². The summed E-state index contributed by atoms with van der Waals surface area (Å²) in [4.78, 5) is 3.57. The zero-order chi connectivity index (χ0) is 15.5. The highest BCUT2D eigenvalue weighted by atomic mass is 16.5. The molecule has 3 rings (SSSR count). The van der Waals surface area contributed by atoms with Crippen LogP contribution in [0.1, 0.15) is 29.7 Å². The number of nitrogens with one attached hydrogen (secondary N) is 2. The maximum absolute atomic E-state index is 9.71. The normalized spacial score (nSPS) is 19.3. The molecule has 2 aromatic rings. The van der Waals surface area contributed by atoms with E-state index in [1.807, 2.05) is 0 Å². The molecular weight excluding hydrogens is 276 g/mol. The molecule has 1 aliphatic rings. The highest BCUT2D eigenvalue weighted by Gasteiger charge is 2.22. The van der Waals surface area contributed by atoms with Gasteiger partial charge in [0.15, 0.2) is 0 Å². The van der Waals surface area contributed by atoms with E-state index in [4.69, 9.17) is 4.74 Å². The summed E-state index contributed by atoms with van der Waals surface area (Å²) >= 11 is 0. The number of methoxy groups -OCH3 is 1. The zero-order valence-electron chi connectivity index (χ0n) is 13.5.